The van der Waals surface area contributed by atoms with Gasteiger partial charge < -0.3 is 19.1 Å². The number of halogens is 2. The molecule has 0 amide bonds. The van der Waals surface area contributed by atoms with Gasteiger partial charge in [-0.15, -0.1) is 0 Å². The van der Waals surface area contributed by atoms with Crippen LogP contribution in [0.3, 0.4) is 0 Å². The van der Waals surface area contributed by atoms with Gasteiger partial charge in [-0.3, -0.25) is 4.21 Å². The van der Waals surface area contributed by atoms with E-state index in [0.717, 1.165) is 16.8 Å². The number of rotatable bonds is 5. The Morgan fingerprint density at radius 3 is 2.56 bits per heavy atom. The van der Waals surface area contributed by atoms with E-state index in [1.165, 1.54) is 6.07 Å². The van der Waals surface area contributed by atoms with Crippen LogP contribution in [-0.4, -0.2) is 59.9 Å². The maximum atomic E-state index is 13.0. The Balaban J connectivity index is 1.36. The summed E-state index contributed by atoms with van der Waals surface area (Å²) < 4.78 is 44.4. The number of nitrogens with zero attached hydrogens (tertiary/aromatic N) is 5. The van der Waals surface area contributed by atoms with Gasteiger partial charge in [0.05, 0.1) is 17.5 Å². The number of imidazole rings is 1. The molecule has 2 aliphatic rings. The average Bonchev–Trinajstić information content (AvgIpc) is 3.42. The Hall–Kier alpha value is -3.44. The summed E-state index contributed by atoms with van der Waals surface area (Å²) in [5, 5.41) is 10.7. The highest BCUT2D eigenvalue weighted by atomic mass is 32.2. The molecule has 0 spiro atoms. The van der Waals surface area contributed by atoms with Crippen LogP contribution in [0.1, 0.15) is 35.4 Å². The zero-order valence-corrected chi connectivity index (χ0v) is 19.9. The first-order chi connectivity index (χ1) is 17.5. The van der Waals surface area contributed by atoms with Gasteiger partial charge in [-0.2, -0.15) is 8.78 Å². The van der Waals surface area contributed by atoms with Crippen LogP contribution in [0, 0.1) is 0 Å². The van der Waals surface area contributed by atoms with Crippen molar-refractivity contribution < 1.29 is 22.8 Å². The second-order valence-corrected chi connectivity index (χ2v) is 10.6. The second-order valence-electron chi connectivity index (χ2n) is 8.86. The largest absolute Gasteiger partial charge is 0.435 e. The van der Waals surface area contributed by atoms with Gasteiger partial charge in [0, 0.05) is 76.6 Å². The maximum Gasteiger partial charge on any atom is 0.387 e. The van der Waals surface area contributed by atoms with Crippen molar-refractivity contribution in [1.29, 1.82) is 0 Å². The summed E-state index contributed by atoms with van der Waals surface area (Å²) >= 11 is 0. The van der Waals surface area contributed by atoms with E-state index in [1.807, 2.05) is 27.6 Å². The van der Waals surface area contributed by atoms with Crippen LogP contribution < -0.4 is 9.64 Å². The maximum absolute atomic E-state index is 13.0. The van der Waals surface area contributed by atoms with Gasteiger partial charge in [-0.05, 0) is 24.6 Å². The first-order valence-corrected chi connectivity index (χ1v) is 13.1. The Bertz CT molecular complexity index is 1440. The number of anilines is 1. The van der Waals surface area contributed by atoms with E-state index in [-0.39, 0.29) is 11.7 Å². The standard InChI is InChI=1S/C25H23F2N5O3S/c26-24(27)35-20-4-2-1-3-17(20)18-11-19(33)22-23(18)32-14-15(5-6-21(32)30-22)16-12-28-25(29-13-16)31-7-9-36(34)10-8-31/h1-6,12-14,18-19,24,33H,7-11H2/t18-,19+/m0/s1. The van der Waals surface area contributed by atoms with Crippen molar-refractivity contribution >= 4 is 22.4 Å². The van der Waals surface area contributed by atoms with Crippen LogP contribution >= 0.6 is 0 Å². The summed E-state index contributed by atoms with van der Waals surface area (Å²) in [5.74, 6) is 1.57. The predicted octanol–water partition coefficient (Wildman–Crippen LogP) is 3.53. The fourth-order valence-corrected chi connectivity index (χ4v) is 6.06. The minimum atomic E-state index is -2.94. The summed E-state index contributed by atoms with van der Waals surface area (Å²) in [6, 6.07) is 10.4. The molecule has 11 heteroatoms. The van der Waals surface area contributed by atoms with Crippen LogP contribution in [0.4, 0.5) is 14.7 Å². The zero-order chi connectivity index (χ0) is 24.8. The molecule has 0 bridgehead atoms. The Morgan fingerprint density at radius 2 is 1.81 bits per heavy atom. The summed E-state index contributed by atoms with van der Waals surface area (Å²) in [6.45, 7) is -1.61. The van der Waals surface area contributed by atoms with Crippen LogP contribution in [0.5, 0.6) is 5.75 Å². The van der Waals surface area contributed by atoms with Crippen LogP contribution in [-0.2, 0) is 10.8 Å². The van der Waals surface area contributed by atoms with Gasteiger partial charge in [0.25, 0.3) is 0 Å². The lowest BCUT2D eigenvalue weighted by molar-refractivity contribution is -0.0506. The van der Waals surface area contributed by atoms with E-state index in [2.05, 4.69) is 15.0 Å². The highest BCUT2D eigenvalue weighted by Crippen LogP contribution is 2.47. The predicted molar refractivity (Wildman–Crippen MR) is 131 cm³/mol. The number of aliphatic hydroxyl groups is 1. The number of pyridine rings is 1. The first-order valence-electron chi connectivity index (χ1n) is 11.6. The molecule has 0 radical (unpaired) electrons. The molecule has 1 aromatic carbocycles. The van der Waals surface area contributed by atoms with E-state index in [1.54, 1.807) is 30.6 Å². The van der Waals surface area contributed by atoms with E-state index < -0.39 is 23.5 Å². The lowest BCUT2D eigenvalue weighted by atomic mass is 9.95. The SMILES string of the molecule is O=S1CCN(c2ncc(-c3ccc4nc5c(n4c3)[C@H](c3ccccc3OC(F)F)C[C@H]5O)cn2)CC1. The van der Waals surface area contributed by atoms with E-state index in [9.17, 15) is 18.1 Å². The lowest BCUT2D eigenvalue weighted by Crippen LogP contribution is -2.38. The van der Waals surface area contributed by atoms with Gasteiger partial charge in [0.15, 0.2) is 0 Å². The minimum Gasteiger partial charge on any atom is -0.435 e. The molecule has 6 rings (SSSR count). The number of hydrogen-bond donors (Lipinski definition) is 1. The first kappa shape index (κ1) is 23.0. The Morgan fingerprint density at radius 1 is 1.06 bits per heavy atom. The topological polar surface area (TPSA) is 92.9 Å². The number of benzene rings is 1. The number of para-hydroxylation sites is 1. The highest BCUT2D eigenvalue weighted by Gasteiger charge is 2.37. The molecule has 0 unspecified atom stereocenters. The fourth-order valence-electron chi connectivity index (χ4n) is 5.01. The molecule has 1 fully saturated rings. The molecule has 1 aliphatic heterocycles. The van der Waals surface area contributed by atoms with Gasteiger partial charge in [-0.25, -0.2) is 15.0 Å². The van der Waals surface area contributed by atoms with Gasteiger partial charge in [0.1, 0.15) is 11.4 Å². The molecule has 8 nitrogen and oxygen atoms in total. The van der Waals surface area contributed by atoms with E-state index in [4.69, 9.17) is 4.74 Å². The molecule has 4 aromatic rings. The Labute approximate surface area is 208 Å². The third-order valence-corrected chi connectivity index (χ3v) is 8.01. The normalized spacial score (nSPS) is 20.3. The number of ether oxygens (including phenoxy) is 1. The van der Waals surface area contributed by atoms with Crippen LogP contribution in [0.25, 0.3) is 16.8 Å². The van der Waals surface area contributed by atoms with E-state index in [0.29, 0.717) is 53.9 Å². The molecule has 3 aromatic heterocycles. The number of fused-ring (bicyclic) bond motifs is 3. The highest BCUT2D eigenvalue weighted by molar-refractivity contribution is 7.85. The van der Waals surface area contributed by atoms with Crippen molar-refractivity contribution in [2.24, 2.45) is 0 Å². The summed E-state index contributed by atoms with van der Waals surface area (Å²) in [4.78, 5) is 15.7. The summed E-state index contributed by atoms with van der Waals surface area (Å²) in [7, 11) is -0.771. The summed E-state index contributed by atoms with van der Waals surface area (Å²) in [6.07, 6.45) is 4.93. The molecular formula is C25H23F2N5O3S. The monoisotopic (exact) mass is 511 g/mol. The molecular weight excluding hydrogens is 488 g/mol. The molecule has 1 N–H and O–H groups in total. The molecule has 186 valence electrons. The lowest BCUT2D eigenvalue weighted by Gasteiger charge is -2.26. The number of alkyl halides is 2. The van der Waals surface area contributed by atoms with Crippen molar-refractivity contribution in [3.63, 3.8) is 0 Å². The molecule has 36 heavy (non-hydrogen) atoms. The average molecular weight is 512 g/mol. The Kier molecular flexibility index (Phi) is 5.88. The van der Waals surface area contributed by atoms with Crippen molar-refractivity contribution in [1.82, 2.24) is 19.4 Å². The van der Waals surface area contributed by atoms with Crippen molar-refractivity contribution in [3.05, 3.63) is 71.9 Å². The van der Waals surface area contributed by atoms with Crippen molar-refractivity contribution in [3.8, 4) is 16.9 Å². The fraction of sp³-hybridized carbons (Fsp3) is 0.320. The van der Waals surface area contributed by atoms with Crippen molar-refractivity contribution in [2.45, 2.75) is 25.1 Å². The third kappa shape index (κ3) is 4.11. The summed E-state index contributed by atoms with van der Waals surface area (Å²) in [5.41, 5.74) is 4.18. The third-order valence-electron chi connectivity index (χ3n) is 6.73. The van der Waals surface area contributed by atoms with Crippen LogP contribution in [0.2, 0.25) is 0 Å². The number of aliphatic hydroxyl groups excluding tert-OH is 1. The van der Waals surface area contributed by atoms with Crippen molar-refractivity contribution in [2.75, 3.05) is 29.5 Å². The van der Waals surface area contributed by atoms with Gasteiger partial charge in [-0.1, -0.05) is 18.2 Å². The molecule has 0 saturated carbocycles. The number of aromatic nitrogens is 4. The van der Waals surface area contributed by atoms with Gasteiger partial charge in [0.2, 0.25) is 5.95 Å². The number of hydrogen-bond acceptors (Lipinski definition) is 7. The zero-order valence-electron chi connectivity index (χ0n) is 19.1. The van der Waals surface area contributed by atoms with Crippen LogP contribution in [0.15, 0.2) is 55.0 Å². The minimum absolute atomic E-state index is 0.0918. The smallest absolute Gasteiger partial charge is 0.387 e. The van der Waals surface area contributed by atoms with Gasteiger partial charge >= 0.3 is 6.61 Å². The quantitative estimate of drug-likeness (QED) is 0.438. The van der Waals surface area contributed by atoms with E-state index >= 15 is 0 Å². The molecule has 1 aliphatic carbocycles. The molecule has 1 saturated heterocycles. The molecule has 2 atom stereocenters. The molecule has 4 heterocycles. The second kappa shape index (κ2) is 9.21.